The summed E-state index contributed by atoms with van der Waals surface area (Å²) in [6.07, 6.45) is 1.42. The Balaban J connectivity index is 2.17. The van der Waals surface area contributed by atoms with E-state index in [4.69, 9.17) is 10.5 Å². The van der Waals surface area contributed by atoms with Crippen LogP contribution < -0.4 is 21.1 Å². The van der Waals surface area contributed by atoms with E-state index in [-0.39, 0.29) is 41.7 Å². The number of nitrogens with two attached hydrogens (primary N) is 1. The molecule has 0 aromatic heterocycles. The highest BCUT2D eigenvalue weighted by molar-refractivity contribution is 6.07. The molecular weight excluding hydrogens is 440 g/mol. The SMILES string of the molecule is CN(C(=O)c1c(C=O)cccc1OCC(=O)NC(C)(C)CC(C)(C)CN)C1CCC(=O)NC1=O. The van der Waals surface area contributed by atoms with Gasteiger partial charge in [0.25, 0.3) is 11.8 Å². The van der Waals surface area contributed by atoms with E-state index < -0.39 is 35.2 Å². The van der Waals surface area contributed by atoms with Gasteiger partial charge >= 0.3 is 0 Å². The summed E-state index contributed by atoms with van der Waals surface area (Å²) in [5.74, 6) is -1.96. The maximum Gasteiger partial charge on any atom is 0.258 e. The molecule has 1 saturated heterocycles. The maximum atomic E-state index is 13.2. The number of nitrogens with one attached hydrogen (secondary N) is 2. The monoisotopic (exact) mass is 474 g/mol. The number of hydrogen-bond donors (Lipinski definition) is 3. The fourth-order valence-corrected chi connectivity index (χ4v) is 4.23. The predicted molar refractivity (Wildman–Crippen MR) is 125 cm³/mol. The number of rotatable bonds is 10. The Labute approximate surface area is 199 Å². The summed E-state index contributed by atoms with van der Waals surface area (Å²) in [6.45, 7) is 7.89. The van der Waals surface area contributed by atoms with Gasteiger partial charge in [0.2, 0.25) is 11.8 Å². The summed E-state index contributed by atoms with van der Waals surface area (Å²) in [6, 6.07) is 3.60. The third-order valence-electron chi connectivity index (χ3n) is 5.71. The van der Waals surface area contributed by atoms with Crippen LogP contribution in [0.1, 0.15) is 67.7 Å². The van der Waals surface area contributed by atoms with Crippen molar-refractivity contribution in [3.63, 3.8) is 0 Å². The molecule has 1 aromatic carbocycles. The minimum absolute atomic E-state index is 0.0454. The van der Waals surface area contributed by atoms with Crippen LogP contribution >= 0.6 is 0 Å². The number of aldehydes is 1. The number of benzene rings is 1. The first-order chi connectivity index (χ1) is 15.8. The minimum atomic E-state index is -0.868. The van der Waals surface area contributed by atoms with Crippen molar-refractivity contribution in [2.45, 2.75) is 58.5 Å². The van der Waals surface area contributed by atoms with Crippen LogP contribution in [0.25, 0.3) is 0 Å². The second kappa shape index (κ2) is 10.8. The van der Waals surface area contributed by atoms with E-state index in [9.17, 15) is 24.0 Å². The lowest BCUT2D eigenvalue weighted by molar-refractivity contribution is -0.136. The number of carbonyl (C=O) groups excluding carboxylic acids is 5. The number of carbonyl (C=O) groups is 5. The number of imide groups is 1. The molecule has 0 bridgehead atoms. The van der Waals surface area contributed by atoms with Crippen molar-refractivity contribution in [3.8, 4) is 5.75 Å². The molecule has 2 rings (SSSR count). The summed E-state index contributed by atoms with van der Waals surface area (Å²) < 4.78 is 5.65. The van der Waals surface area contributed by atoms with Crippen LogP contribution in [0.2, 0.25) is 0 Å². The fourth-order valence-electron chi connectivity index (χ4n) is 4.23. The molecule has 1 atom stereocenters. The molecule has 10 heteroatoms. The van der Waals surface area contributed by atoms with Gasteiger partial charge in [0.05, 0.1) is 5.56 Å². The van der Waals surface area contributed by atoms with E-state index in [1.807, 2.05) is 27.7 Å². The second-order valence-corrected chi connectivity index (χ2v) is 9.99. The third-order valence-corrected chi connectivity index (χ3v) is 5.71. The molecule has 1 unspecified atom stereocenters. The average Bonchev–Trinajstić information content (AvgIpc) is 2.75. The molecule has 0 radical (unpaired) electrons. The predicted octanol–water partition coefficient (Wildman–Crippen LogP) is 1.02. The van der Waals surface area contributed by atoms with Crippen LogP contribution in [0.5, 0.6) is 5.75 Å². The van der Waals surface area contributed by atoms with Crippen molar-refractivity contribution in [2.24, 2.45) is 11.1 Å². The zero-order valence-corrected chi connectivity index (χ0v) is 20.4. The smallest absolute Gasteiger partial charge is 0.258 e. The molecule has 0 spiro atoms. The van der Waals surface area contributed by atoms with Crippen LogP contribution in [0.3, 0.4) is 0 Å². The van der Waals surface area contributed by atoms with Gasteiger partial charge in [-0.15, -0.1) is 0 Å². The number of nitrogens with zero attached hydrogens (tertiary/aromatic N) is 1. The van der Waals surface area contributed by atoms with Gasteiger partial charge in [-0.25, -0.2) is 0 Å². The molecule has 4 N–H and O–H groups in total. The van der Waals surface area contributed by atoms with Gasteiger partial charge in [-0.05, 0) is 44.7 Å². The Hall–Kier alpha value is -3.27. The fraction of sp³-hybridized carbons (Fsp3) is 0.542. The van der Waals surface area contributed by atoms with E-state index in [0.29, 0.717) is 19.3 Å². The number of ether oxygens (including phenoxy) is 1. The van der Waals surface area contributed by atoms with Crippen molar-refractivity contribution in [3.05, 3.63) is 29.3 Å². The molecule has 10 nitrogen and oxygen atoms in total. The molecular formula is C24H34N4O6. The highest BCUT2D eigenvalue weighted by Gasteiger charge is 2.34. The zero-order chi connectivity index (χ0) is 25.7. The standard InChI is InChI=1S/C24H34N4O6/c1-23(2,14-25)13-24(3,4)27-19(31)12-34-17-8-6-7-15(11-29)20(17)22(33)28(5)16-9-10-18(30)26-21(16)32/h6-8,11,16H,9-10,12-14,25H2,1-5H3,(H,27,31)(H,26,30,32). The first-order valence-corrected chi connectivity index (χ1v) is 11.1. The lowest BCUT2D eigenvalue weighted by Crippen LogP contribution is -2.53. The number of hydrogen-bond acceptors (Lipinski definition) is 7. The quantitative estimate of drug-likeness (QED) is 0.339. The van der Waals surface area contributed by atoms with Crippen molar-refractivity contribution < 1.29 is 28.7 Å². The molecule has 1 aromatic rings. The Bertz CT molecular complexity index is 972. The molecule has 34 heavy (non-hydrogen) atoms. The first-order valence-electron chi connectivity index (χ1n) is 11.1. The van der Waals surface area contributed by atoms with Gasteiger partial charge in [-0.1, -0.05) is 26.0 Å². The highest BCUT2D eigenvalue weighted by atomic mass is 16.5. The van der Waals surface area contributed by atoms with Crippen molar-refractivity contribution >= 4 is 29.9 Å². The molecule has 186 valence electrons. The summed E-state index contributed by atoms with van der Waals surface area (Å²) in [5, 5.41) is 5.12. The molecule has 1 heterocycles. The molecule has 0 aliphatic carbocycles. The molecule has 4 amide bonds. The maximum absolute atomic E-state index is 13.2. The lowest BCUT2D eigenvalue weighted by Gasteiger charge is -2.35. The van der Waals surface area contributed by atoms with Crippen molar-refractivity contribution in [1.82, 2.24) is 15.5 Å². The van der Waals surface area contributed by atoms with Crippen LogP contribution in [0, 0.1) is 5.41 Å². The Kier molecular flexibility index (Phi) is 8.55. The highest BCUT2D eigenvalue weighted by Crippen LogP contribution is 2.27. The topological polar surface area (TPSA) is 148 Å². The number of piperidine rings is 1. The summed E-state index contributed by atoms with van der Waals surface area (Å²) in [7, 11) is 1.42. The Morgan fingerprint density at radius 1 is 1.26 bits per heavy atom. The van der Waals surface area contributed by atoms with Gasteiger partial charge in [-0.3, -0.25) is 29.3 Å². The van der Waals surface area contributed by atoms with Gasteiger partial charge in [0.15, 0.2) is 12.9 Å². The van der Waals surface area contributed by atoms with Crippen LogP contribution in [0.4, 0.5) is 0 Å². The lowest BCUT2D eigenvalue weighted by atomic mass is 9.80. The first kappa shape index (κ1) is 27.0. The zero-order valence-electron chi connectivity index (χ0n) is 20.4. The second-order valence-electron chi connectivity index (χ2n) is 9.99. The van der Waals surface area contributed by atoms with E-state index in [0.717, 1.165) is 0 Å². The molecule has 1 fully saturated rings. The van der Waals surface area contributed by atoms with Crippen LogP contribution in [-0.2, 0) is 14.4 Å². The number of amides is 4. The summed E-state index contributed by atoms with van der Waals surface area (Å²) >= 11 is 0. The average molecular weight is 475 g/mol. The largest absolute Gasteiger partial charge is 0.483 e. The third kappa shape index (κ3) is 6.86. The van der Waals surface area contributed by atoms with E-state index in [2.05, 4.69) is 10.6 Å². The van der Waals surface area contributed by atoms with E-state index in [1.54, 1.807) is 0 Å². The van der Waals surface area contributed by atoms with Crippen molar-refractivity contribution in [1.29, 1.82) is 0 Å². The van der Waals surface area contributed by atoms with E-state index in [1.165, 1.54) is 30.1 Å². The van der Waals surface area contributed by atoms with Gasteiger partial charge < -0.3 is 20.7 Å². The normalized spacial score (nSPS) is 16.5. The Morgan fingerprint density at radius 3 is 2.53 bits per heavy atom. The van der Waals surface area contributed by atoms with Crippen LogP contribution in [-0.4, -0.2) is 66.6 Å². The van der Waals surface area contributed by atoms with Crippen LogP contribution in [0.15, 0.2) is 18.2 Å². The van der Waals surface area contributed by atoms with Crippen molar-refractivity contribution in [2.75, 3.05) is 20.2 Å². The number of likely N-dealkylation sites (N-methyl/N-ethyl adjacent to an activating group) is 1. The molecule has 0 saturated carbocycles. The van der Waals surface area contributed by atoms with E-state index >= 15 is 0 Å². The van der Waals surface area contributed by atoms with Gasteiger partial charge in [-0.2, -0.15) is 0 Å². The molecule has 1 aliphatic heterocycles. The summed E-state index contributed by atoms with van der Waals surface area (Å²) in [4.78, 5) is 62.3. The van der Waals surface area contributed by atoms with Gasteiger partial charge in [0, 0.05) is 24.6 Å². The Morgan fingerprint density at radius 2 is 1.94 bits per heavy atom. The molecule has 1 aliphatic rings. The minimum Gasteiger partial charge on any atom is -0.483 e. The van der Waals surface area contributed by atoms with Gasteiger partial charge in [0.1, 0.15) is 11.8 Å². The summed E-state index contributed by atoms with van der Waals surface area (Å²) in [5.41, 5.74) is 5.10.